The summed E-state index contributed by atoms with van der Waals surface area (Å²) < 4.78 is 13.5. The number of carbonyl (C=O) groups excluding carboxylic acids is 1. The van der Waals surface area contributed by atoms with Crippen LogP contribution in [0.1, 0.15) is 24.1 Å². The molecule has 0 aliphatic rings. The third-order valence-electron chi connectivity index (χ3n) is 5.29. The fraction of sp³-hybridized carbons (Fsp3) is 0.125. The number of amides is 2. The number of H-pyrrole nitrogens is 1. The molecule has 4 aromatic rings. The molecule has 1 atom stereocenters. The van der Waals surface area contributed by atoms with Gasteiger partial charge in [0.05, 0.1) is 11.1 Å². The van der Waals surface area contributed by atoms with Crippen molar-refractivity contribution in [1.82, 2.24) is 14.9 Å². The number of benzene rings is 2. The van der Waals surface area contributed by atoms with E-state index >= 15 is 0 Å². The quantitative estimate of drug-likeness (QED) is 0.420. The summed E-state index contributed by atoms with van der Waals surface area (Å²) in [6.07, 6.45) is 4.95. The molecule has 0 aliphatic carbocycles. The van der Waals surface area contributed by atoms with Crippen molar-refractivity contribution in [1.29, 1.82) is 0 Å². The van der Waals surface area contributed by atoms with E-state index < -0.39 is 17.9 Å². The number of aromatic nitrogens is 2. The van der Waals surface area contributed by atoms with Gasteiger partial charge in [0.1, 0.15) is 5.82 Å². The van der Waals surface area contributed by atoms with Crippen LogP contribution >= 0.6 is 11.6 Å². The molecule has 2 N–H and O–H groups in total. The summed E-state index contributed by atoms with van der Waals surface area (Å²) in [6, 6.07) is 14.1. The molecular weight excluding hydrogens is 431 g/mol. The van der Waals surface area contributed by atoms with Crippen LogP contribution in [0.4, 0.5) is 14.9 Å². The molecule has 2 aromatic carbocycles. The zero-order valence-corrected chi connectivity index (χ0v) is 17.9. The maximum Gasteiger partial charge on any atom is 0.322 e. The first-order chi connectivity index (χ1) is 15.4. The van der Waals surface area contributed by atoms with Crippen LogP contribution in [0.3, 0.4) is 0 Å². The molecule has 0 fully saturated rings. The van der Waals surface area contributed by atoms with Gasteiger partial charge in [0.2, 0.25) is 0 Å². The number of carbonyl (C=O) groups is 1. The SMILES string of the molecule is C[C@@H](c1c[nH]c(=O)c2ccccc12)N(Cc1ccncc1)C(=O)Nc1ccc(F)c(Cl)c1. The van der Waals surface area contributed by atoms with Crippen LogP contribution in [0.2, 0.25) is 5.02 Å². The van der Waals surface area contributed by atoms with Crippen LogP contribution in [-0.2, 0) is 6.54 Å². The average Bonchev–Trinajstić information content (AvgIpc) is 2.80. The summed E-state index contributed by atoms with van der Waals surface area (Å²) in [5.41, 5.74) is 1.86. The first-order valence-electron chi connectivity index (χ1n) is 9.96. The van der Waals surface area contributed by atoms with Crippen LogP contribution in [0.15, 0.2) is 78.0 Å². The lowest BCUT2D eigenvalue weighted by molar-refractivity contribution is 0.189. The number of urea groups is 1. The maximum atomic E-state index is 13.5. The number of hydrogen-bond acceptors (Lipinski definition) is 3. The Bertz CT molecular complexity index is 1330. The van der Waals surface area contributed by atoms with Crippen LogP contribution in [0.25, 0.3) is 10.8 Å². The summed E-state index contributed by atoms with van der Waals surface area (Å²) in [4.78, 5) is 34.0. The largest absolute Gasteiger partial charge is 0.328 e. The summed E-state index contributed by atoms with van der Waals surface area (Å²) in [7, 11) is 0. The topological polar surface area (TPSA) is 78.1 Å². The number of hydrogen-bond donors (Lipinski definition) is 2. The average molecular weight is 451 g/mol. The van der Waals surface area contributed by atoms with Crippen molar-refractivity contribution in [2.75, 3.05) is 5.32 Å². The molecule has 0 saturated heterocycles. The smallest absolute Gasteiger partial charge is 0.322 e. The summed E-state index contributed by atoms with van der Waals surface area (Å²) in [6.45, 7) is 2.18. The number of aromatic amines is 1. The van der Waals surface area contributed by atoms with Gasteiger partial charge in [-0.15, -0.1) is 0 Å². The van der Waals surface area contributed by atoms with Gasteiger partial charge in [-0.25, -0.2) is 9.18 Å². The molecule has 8 heteroatoms. The number of nitrogens with one attached hydrogen (secondary N) is 2. The minimum absolute atomic E-state index is 0.0804. The number of anilines is 1. The fourth-order valence-electron chi connectivity index (χ4n) is 3.58. The van der Waals surface area contributed by atoms with Gasteiger partial charge >= 0.3 is 6.03 Å². The summed E-state index contributed by atoms with van der Waals surface area (Å²) in [5.74, 6) is -0.564. The second-order valence-electron chi connectivity index (χ2n) is 7.34. The van der Waals surface area contributed by atoms with Crippen molar-refractivity contribution in [2.45, 2.75) is 19.5 Å². The van der Waals surface area contributed by atoms with Gasteiger partial charge in [0, 0.05) is 36.2 Å². The van der Waals surface area contributed by atoms with E-state index in [4.69, 9.17) is 11.6 Å². The van der Waals surface area contributed by atoms with Gasteiger partial charge in [0.15, 0.2) is 0 Å². The van der Waals surface area contributed by atoms with Crippen LogP contribution in [0, 0.1) is 5.82 Å². The van der Waals surface area contributed by atoms with Crippen LogP contribution in [-0.4, -0.2) is 20.9 Å². The van der Waals surface area contributed by atoms with E-state index in [9.17, 15) is 14.0 Å². The van der Waals surface area contributed by atoms with Crippen molar-refractivity contribution in [3.8, 4) is 0 Å². The normalized spacial score (nSPS) is 11.8. The number of rotatable bonds is 5. The molecule has 0 spiro atoms. The van der Waals surface area contributed by atoms with Gasteiger partial charge in [-0.3, -0.25) is 9.78 Å². The maximum absolute atomic E-state index is 13.5. The van der Waals surface area contributed by atoms with Crippen molar-refractivity contribution < 1.29 is 9.18 Å². The number of fused-ring (bicyclic) bond motifs is 1. The van der Waals surface area contributed by atoms with Crippen molar-refractivity contribution in [3.05, 3.63) is 106 Å². The molecule has 162 valence electrons. The Morgan fingerprint density at radius 3 is 2.59 bits per heavy atom. The second-order valence-corrected chi connectivity index (χ2v) is 7.74. The van der Waals surface area contributed by atoms with E-state index in [1.54, 1.807) is 35.6 Å². The molecule has 0 aliphatic heterocycles. The summed E-state index contributed by atoms with van der Waals surface area (Å²) in [5, 5.41) is 4.02. The Morgan fingerprint density at radius 2 is 1.88 bits per heavy atom. The third-order valence-corrected chi connectivity index (χ3v) is 5.58. The van der Waals surface area contributed by atoms with Crippen molar-refractivity contribution >= 4 is 34.1 Å². The highest BCUT2D eigenvalue weighted by atomic mass is 35.5. The third kappa shape index (κ3) is 4.48. The highest BCUT2D eigenvalue weighted by Gasteiger charge is 2.24. The van der Waals surface area contributed by atoms with Crippen molar-refractivity contribution in [2.24, 2.45) is 0 Å². The minimum atomic E-state index is -0.564. The lowest BCUT2D eigenvalue weighted by Gasteiger charge is -2.30. The number of halogens is 2. The van der Waals surface area contributed by atoms with Gasteiger partial charge in [0.25, 0.3) is 5.56 Å². The molecule has 2 aromatic heterocycles. The molecule has 0 bridgehead atoms. The molecule has 2 amide bonds. The molecule has 0 radical (unpaired) electrons. The number of pyridine rings is 2. The monoisotopic (exact) mass is 450 g/mol. The zero-order chi connectivity index (χ0) is 22.7. The second kappa shape index (κ2) is 9.20. The Hall–Kier alpha value is -3.71. The molecule has 0 unspecified atom stereocenters. The number of nitrogens with zero attached hydrogens (tertiary/aromatic N) is 2. The molecule has 0 saturated carbocycles. The van der Waals surface area contributed by atoms with Gasteiger partial charge in [-0.05, 0) is 59.8 Å². The van der Waals surface area contributed by atoms with E-state index in [2.05, 4.69) is 15.3 Å². The molecule has 6 nitrogen and oxygen atoms in total. The predicted octanol–water partition coefficient (Wildman–Crippen LogP) is 5.51. The molecule has 4 rings (SSSR count). The Kier molecular flexibility index (Phi) is 6.18. The van der Waals surface area contributed by atoms with Crippen LogP contribution < -0.4 is 10.9 Å². The van der Waals surface area contributed by atoms with E-state index in [0.29, 0.717) is 11.1 Å². The first-order valence-corrected chi connectivity index (χ1v) is 10.3. The lowest BCUT2D eigenvalue weighted by Crippen LogP contribution is -2.37. The standard InChI is InChI=1S/C24H20ClFN4O2/c1-15(20-13-28-23(31)19-5-3-2-4-18(19)20)30(14-16-8-10-27-11-9-16)24(32)29-17-6-7-22(26)21(25)12-17/h2-13,15H,14H2,1H3,(H,28,31)(H,29,32)/t15-/m0/s1. The van der Waals surface area contributed by atoms with Crippen LogP contribution in [0.5, 0.6) is 0 Å². The molecule has 2 heterocycles. The Labute approximate surface area is 188 Å². The van der Waals surface area contributed by atoms with E-state index in [0.717, 1.165) is 16.5 Å². The van der Waals surface area contributed by atoms with Gasteiger partial charge < -0.3 is 15.2 Å². The highest BCUT2D eigenvalue weighted by Crippen LogP contribution is 2.28. The van der Waals surface area contributed by atoms with Crippen molar-refractivity contribution in [3.63, 3.8) is 0 Å². The zero-order valence-electron chi connectivity index (χ0n) is 17.2. The van der Waals surface area contributed by atoms with E-state index in [1.807, 2.05) is 31.2 Å². The van der Waals surface area contributed by atoms with Gasteiger partial charge in [-0.1, -0.05) is 29.8 Å². The van der Waals surface area contributed by atoms with E-state index in [-0.39, 0.29) is 17.1 Å². The van der Waals surface area contributed by atoms with E-state index in [1.165, 1.54) is 18.2 Å². The molecular formula is C24H20ClFN4O2. The summed E-state index contributed by atoms with van der Waals surface area (Å²) >= 11 is 5.86. The highest BCUT2D eigenvalue weighted by molar-refractivity contribution is 6.31. The molecule has 32 heavy (non-hydrogen) atoms. The Morgan fingerprint density at radius 1 is 1.16 bits per heavy atom. The first kappa shape index (κ1) is 21.5. The minimum Gasteiger partial charge on any atom is -0.328 e. The van der Waals surface area contributed by atoms with Gasteiger partial charge in [-0.2, -0.15) is 0 Å². The predicted molar refractivity (Wildman–Crippen MR) is 123 cm³/mol. The Balaban J connectivity index is 1.72. The lowest BCUT2D eigenvalue weighted by atomic mass is 10.0. The fourth-order valence-corrected chi connectivity index (χ4v) is 3.76.